The largest absolute Gasteiger partial charge is 0.478 e. The van der Waals surface area contributed by atoms with Crippen molar-refractivity contribution in [2.24, 2.45) is 4.99 Å². The summed E-state index contributed by atoms with van der Waals surface area (Å²) in [6, 6.07) is 10.7. The Morgan fingerprint density at radius 1 is 1.04 bits per heavy atom. The van der Waals surface area contributed by atoms with Crippen LogP contribution < -0.4 is 5.32 Å². The lowest BCUT2D eigenvalue weighted by atomic mass is 10.1. The average molecular weight is 382 g/mol. The third-order valence-corrected chi connectivity index (χ3v) is 4.69. The highest BCUT2D eigenvalue weighted by molar-refractivity contribution is 8.18. The van der Waals surface area contributed by atoms with Crippen molar-refractivity contribution >= 4 is 46.5 Å². The molecular weight excluding hydrogens is 368 g/mol. The van der Waals surface area contributed by atoms with Crippen molar-refractivity contribution in [1.82, 2.24) is 5.32 Å². The monoisotopic (exact) mass is 382 g/mol. The number of aryl methyl sites for hydroxylation is 1. The molecule has 2 aromatic rings. The van der Waals surface area contributed by atoms with Gasteiger partial charge in [0.05, 0.1) is 21.7 Å². The number of aliphatic imine (C=N–C) groups is 1. The van der Waals surface area contributed by atoms with E-state index in [-0.39, 0.29) is 17.0 Å². The smallest absolute Gasteiger partial charge is 0.335 e. The number of nitrogens with zero attached hydrogens (tertiary/aromatic N) is 1. The lowest BCUT2D eigenvalue weighted by Gasteiger charge is -2.03. The van der Waals surface area contributed by atoms with Crippen LogP contribution >= 0.6 is 11.8 Å². The number of aromatic carboxylic acids is 2. The number of carbonyl (C=O) groups is 3. The second kappa shape index (κ2) is 7.46. The number of rotatable bonds is 4. The van der Waals surface area contributed by atoms with Gasteiger partial charge in [0, 0.05) is 0 Å². The molecule has 27 heavy (non-hydrogen) atoms. The number of amidine groups is 1. The van der Waals surface area contributed by atoms with Crippen LogP contribution in [-0.2, 0) is 4.79 Å². The van der Waals surface area contributed by atoms with Gasteiger partial charge in [0.2, 0.25) is 0 Å². The number of carboxylic acids is 2. The van der Waals surface area contributed by atoms with Gasteiger partial charge in [-0.3, -0.25) is 4.79 Å². The van der Waals surface area contributed by atoms with Gasteiger partial charge >= 0.3 is 11.9 Å². The molecule has 3 N–H and O–H groups in total. The molecule has 1 aliphatic rings. The molecule has 2 aromatic carbocycles. The standard InChI is InChI=1S/C19H14N2O5S/c1-10-2-5-13(18(25)26)9-14(10)20-19-21-16(22)15(27-19)8-11-3-6-12(7-4-11)17(23)24/h2-9H,1H3,(H,23,24)(H,25,26)(H,20,21,22). The molecule has 1 fully saturated rings. The maximum Gasteiger partial charge on any atom is 0.335 e. The first-order valence-corrected chi connectivity index (χ1v) is 8.62. The molecule has 0 aliphatic carbocycles. The summed E-state index contributed by atoms with van der Waals surface area (Å²) >= 11 is 1.13. The van der Waals surface area contributed by atoms with Crippen LogP contribution in [-0.4, -0.2) is 33.2 Å². The van der Waals surface area contributed by atoms with E-state index < -0.39 is 11.9 Å². The Hall–Kier alpha value is -3.39. The van der Waals surface area contributed by atoms with Crippen molar-refractivity contribution in [3.63, 3.8) is 0 Å². The van der Waals surface area contributed by atoms with Crippen LogP contribution in [0.25, 0.3) is 6.08 Å². The van der Waals surface area contributed by atoms with E-state index in [2.05, 4.69) is 10.3 Å². The van der Waals surface area contributed by atoms with Gasteiger partial charge in [0.15, 0.2) is 5.17 Å². The van der Waals surface area contributed by atoms with Crippen LogP contribution in [0, 0.1) is 6.92 Å². The number of carboxylic acid groups (broad SMARTS) is 2. The van der Waals surface area contributed by atoms with Crippen LogP contribution in [0.4, 0.5) is 5.69 Å². The Kier molecular flexibility index (Phi) is 5.09. The van der Waals surface area contributed by atoms with Gasteiger partial charge in [-0.2, -0.15) is 0 Å². The van der Waals surface area contributed by atoms with E-state index in [1.54, 1.807) is 31.2 Å². The van der Waals surface area contributed by atoms with Gasteiger partial charge in [0.1, 0.15) is 0 Å². The summed E-state index contributed by atoms with van der Waals surface area (Å²) in [5.74, 6) is -2.39. The zero-order valence-corrected chi connectivity index (χ0v) is 14.9. The molecule has 1 aliphatic heterocycles. The van der Waals surface area contributed by atoms with E-state index in [0.717, 1.165) is 17.3 Å². The molecule has 0 bridgehead atoms. The van der Waals surface area contributed by atoms with Crippen LogP contribution in [0.5, 0.6) is 0 Å². The van der Waals surface area contributed by atoms with Crippen LogP contribution in [0.1, 0.15) is 31.8 Å². The van der Waals surface area contributed by atoms with Gasteiger partial charge in [-0.15, -0.1) is 0 Å². The summed E-state index contributed by atoms with van der Waals surface area (Å²) in [5.41, 5.74) is 2.21. The number of benzene rings is 2. The van der Waals surface area contributed by atoms with E-state index in [4.69, 9.17) is 10.2 Å². The number of hydrogen-bond donors (Lipinski definition) is 3. The van der Waals surface area contributed by atoms with Crippen LogP contribution in [0.15, 0.2) is 52.4 Å². The fourth-order valence-electron chi connectivity index (χ4n) is 2.33. The highest BCUT2D eigenvalue weighted by Crippen LogP contribution is 2.29. The minimum absolute atomic E-state index is 0.114. The van der Waals surface area contributed by atoms with Crippen LogP contribution in [0.2, 0.25) is 0 Å². The fraction of sp³-hybridized carbons (Fsp3) is 0.0526. The van der Waals surface area contributed by atoms with Gasteiger partial charge in [-0.25, -0.2) is 14.6 Å². The summed E-state index contributed by atoms with van der Waals surface area (Å²) in [6.45, 7) is 1.80. The number of carbonyl (C=O) groups excluding carboxylic acids is 1. The Bertz CT molecular complexity index is 1010. The average Bonchev–Trinajstić information content (AvgIpc) is 2.96. The first kappa shape index (κ1) is 18.4. The molecule has 0 spiro atoms. The zero-order chi connectivity index (χ0) is 19.6. The number of hydrogen-bond acceptors (Lipinski definition) is 5. The Morgan fingerprint density at radius 3 is 2.30 bits per heavy atom. The molecule has 1 saturated heterocycles. The predicted molar refractivity (Wildman–Crippen MR) is 102 cm³/mol. The van der Waals surface area contributed by atoms with E-state index >= 15 is 0 Å². The predicted octanol–water partition coefficient (Wildman–Crippen LogP) is 3.28. The molecule has 0 atom stereocenters. The SMILES string of the molecule is Cc1ccc(C(=O)O)cc1N=C1NC(=O)C(=Cc2ccc(C(=O)O)cc2)S1. The van der Waals surface area contributed by atoms with E-state index in [9.17, 15) is 14.4 Å². The summed E-state index contributed by atoms with van der Waals surface area (Å²) in [5, 5.41) is 21.0. The first-order valence-electron chi connectivity index (χ1n) is 7.80. The molecular formula is C19H14N2O5S. The van der Waals surface area contributed by atoms with E-state index in [1.807, 2.05) is 0 Å². The molecule has 3 rings (SSSR count). The van der Waals surface area contributed by atoms with E-state index in [0.29, 0.717) is 21.3 Å². The molecule has 7 nitrogen and oxygen atoms in total. The Labute approximate surface area is 158 Å². The Balaban J connectivity index is 1.85. The molecule has 136 valence electrons. The molecule has 1 heterocycles. The maximum absolute atomic E-state index is 12.1. The molecule has 8 heteroatoms. The third kappa shape index (κ3) is 4.24. The lowest BCUT2D eigenvalue weighted by Crippen LogP contribution is -2.19. The summed E-state index contributed by atoms with van der Waals surface area (Å²) in [6.07, 6.45) is 1.63. The fourth-order valence-corrected chi connectivity index (χ4v) is 3.16. The number of nitrogens with one attached hydrogen (secondary N) is 1. The molecule has 0 saturated carbocycles. The maximum atomic E-state index is 12.1. The Morgan fingerprint density at radius 2 is 1.67 bits per heavy atom. The summed E-state index contributed by atoms with van der Waals surface area (Å²) < 4.78 is 0. The molecule has 1 amide bonds. The summed E-state index contributed by atoms with van der Waals surface area (Å²) in [4.78, 5) is 38.9. The topological polar surface area (TPSA) is 116 Å². The van der Waals surface area contributed by atoms with E-state index in [1.165, 1.54) is 24.3 Å². The minimum atomic E-state index is -1.05. The van der Waals surface area contributed by atoms with Gasteiger partial charge in [-0.1, -0.05) is 18.2 Å². The highest BCUT2D eigenvalue weighted by Gasteiger charge is 2.24. The molecule has 0 unspecified atom stereocenters. The van der Waals surface area contributed by atoms with Crippen LogP contribution in [0.3, 0.4) is 0 Å². The lowest BCUT2D eigenvalue weighted by molar-refractivity contribution is -0.115. The normalized spacial score (nSPS) is 16.6. The minimum Gasteiger partial charge on any atom is -0.478 e. The molecule has 0 radical (unpaired) electrons. The van der Waals surface area contributed by atoms with Gasteiger partial charge in [-0.05, 0) is 60.2 Å². The molecule has 0 aromatic heterocycles. The van der Waals surface area contributed by atoms with Gasteiger partial charge in [0.25, 0.3) is 5.91 Å². The van der Waals surface area contributed by atoms with Crippen molar-refractivity contribution in [2.45, 2.75) is 6.92 Å². The number of amides is 1. The van der Waals surface area contributed by atoms with Crippen molar-refractivity contribution in [1.29, 1.82) is 0 Å². The second-order valence-electron chi connectivity index (χ2n) is 5.72. The summed E-state index contributed by atoms with van der Waals surface area (Å²) in [7, 11) is 0. The zero-order valence-electron chi connectivity index (χ0n) is 14.1. The van der Waals surface area contributed by atoms with Gasteiger partial charge < -0.3 is 15.5 Å². The van der Waals surface area contributed by atoms with Crippen molar-refractivity contribution in [2.75, 3.05) is 0 Å². The quantitative estimate of drug-likeness (QED) is 0.699. The highest BCUT2D eigenvalue weighted by atomic mass is 32.2. The third-order valence-electron chi connectivity index (χ3n) is 3.78. The van der Waals surface area contributed by atoms with Crippen molar-refractivity contribution in [3.8, 4) is 0 Å². The van der Waals surface area contributed by atoms with Crippen molar-refractivity contribution < 1.29 is 24.6 Å². The number of thioether (sulfide) groups is 1. The second-order valence-corrected chi connectivity index (χ2v) is 6.75. The van der Waals surface area contributed by atoms with Crippen molar-refractivity contribution in [3.05, 3.63) is 69.6 Å². The first-order chi connectivity index (χ1) is 12.8.